The van der Waals surface area contributed by atoms with E-state index in [2.05, 4.69) is 5.32 Å². The highest BCUT2D eigenvalue weighted by molar-refractivity contribution is 5.96. The van der Waals surface area contributed by atoms with Crippen LogP contribution in [0.2, 0.25) is 0 Å². The number of benzene rings is 1. The minimum absolute atomic E-state index is 0.0912. The zero-order valence-electron chi connectivity index (χ0n) is 13.5. The lowest BCUT2D eigenvalue weighted by atomic mass is 9.97. The van der Waals surface area contributed by atoms with Crippen molar-refractivity contribution in [2.75, 3.05) is 6.54 Å². The molecule has 0 spiro atoms. The standard InChI is InChI=1S/C17H17F3N2O3/c1-10(23)22-9-12(6-7-15(22)17(18,19)20)21-16(24)14-8-11-4-2-3-5-13(11)25-14/h2-5,8,12,15H,6-7,9H2,1H3,(H,21,24)/t12-,15+/m1/s1. The van der Waals surface area contributed by atoms with E-state index in [4.69, 9.17) is 4.42 Å². The van der Waals surface area contributed by atoms with Gasteiger partial charge in [0.2, 0.25) is 5.91 Å². The fraction of sp³-hybridized carbons (Fsp3) is 0.412. The minimum atomic E-state index is -4.47. The van der Waals surface area contributed by atoms with Crippen molar-refractivity contribution in [1.82, 2.24) is 10.2 Å². The molecule has 0 saturated carbocycles. The first-order valence-electron chi connectivity index (χ1n) is 7.89. The topological polar surface area (TPSA) is 62.6 Å². The molecule has 0 bridgehead atoms. The molecule has 0 aliphatic carbocycles. The molecule has 2 amide bonds. The number of furan rings is 1. The second kappa shape index (κ2) is 6.42. The largest absolute Gasteiger partial charge is 0.451 e. The van der Waals surface area contributed by atoms with Crippen LogP contribution in [-0.4, -0.2) is 41.5 Å². The van der Waals surface area contributed by atoms with Crippen LogP contribution in [-0.2, 0) is 4.79 Å². The quantitative estimate of drug-likeness (QED) is 0.901. The third kappa shape index (κ3) is 3.62. The van der Waals surface area contributed by atoms with Gasteiger partial charge in [0.05, 0.1) is 0 Å². The number of carbonyl (C=O) groups is 2. The van der Waals surface area contributed by atoms with E-state index in [1.165, 1.54) is 0 Å². The van der Waals surface area contributed by atoms with Crippen molar-refractivity contribution in [2.45, 2.75) is 38.0 Å². The van der Waals surface area contributed by atoms with Crippen molar-refractivity contribution < 1.29 is 27.2 Å². The Bertz CT molecular complexity index is 767. The lowest BCUT2D eigenvalue weighted by Crippen LogP contribution is -2.57. The van der Waals surface area contributed by atoms with Crippen LogP contribution < -0.4 is 5.32 Å². The number of nitrogens with zero attached hydrogens (tertiary/aromatic N) is 1. The third-order valence-corrected chi connectivity index (χ3v) is 4.35. The lowest BCUT2D eigenvalue weighted by Gasteiger charge is -2.40. The fourth-order valence-corrected chi connectivity index (χ4v) is 3.13. The van der Waals surface area contributed by atoms with Crippen LogP contribution in [0.4, 0.5) is 13.2 Å². The monoisotopic (exact) mass is 354 g/mol. The summed E-state index contributed by atoms with van der Waals surface area (Å²) < 4.78 is 44.5. The highest BCUT2D eigenvalue weighted by Gasteiger charge is 2.47. The Morgan fingerprint density at radius 3 is 2.60 bits per heavy atom. The van der Waals surface area contributed by atoms with E-state index < -0.39 is 30.1 Å². The minimum Gasteiger partial charge on any atom is -0.451 e. The van der Waals surface area contributed by atoms with Gasteiger partial charge in [0.15, 0.2) is 5.76 Å². The summed E-state index contributed by atoms with van der Waals surface area (Å²) in [4.78, 5) is 24.6. The zero-order chi connectivity index (χ0) is 18.2. The van der Waals surface area contributed by atoms with Crippen LogP contribution in [0, 0.1) is 0 Å². The van der Waals surface area contributed by atoms with Crippen LogP contribution in [0.25, 0.3) is 11.0 Å². The summed E-state index contributed by atoms with van der Waals surface area (Å²) in [6.07, 6.45) is -4.58. The van der Waals surface area contributed by atoms with Gasteiger partial charge in [-0.2, -0.15) is 13.2 Å². The SMILES string of the molecule is CC(=O)N1C[C@H](NC(=O)c2cc3ccccc3o2)CC[C@H]1C(F)(F)F. The van der Waals surface area contributed by atoms with Gasteiger partial charge in [0, 0.05) is 24.9 Å². The van der Waals surface area contributed by atoms with Crippen LogP contribution in [0.1, 0.15) is 30.3 Å². The Balaban J connectivity index is 1.70. The first kappa shape index (κ1) is 17.3. The lowest BCUT2D eigenvalue weighted by molar-refractivity contribution is -0.196. The van der Waals surface area contributed by atoms with Gasteiger partial charge in [-0.3, -0.25) is 9.59 Å². The van der Waals surface area contributed by atoms with Gasteiger partial charge in [-0.05, 0) is 25.0 Å². The van der Waals surface area contributed by atoms with Gasteiger partial charge < -0.3 is 14.6 Å². The van der Waals surface area contributed by atoms with E-state index in [1.54, 1.807) is 24.3 Å². The summed E-state index contributed by atoms with van der Waals surface area (Å²) in [7, 11) is 0. The van der Waals surface area contributed by atoms with E-state index in [9.17, 15) is 22.8 Å². The molecule has 1 aromatic heterocycles. The molecule has 1 aliphatic heterocycles. The molecular weight excluding hydrogens is 337 g/mol. The first-order chi connectivity index (χ1) is 11.8. The first-order valence-corrected chi connectivity index (χ1v) is 7.89. The van der Waals surface area contributed by atoms with E-state index >= 15 is 0 Å². The molecule has 1 fully saturated rings. The Morgan fingerprint density at radius 1 is 1.24 bits per heavy atom. The molecule has 0 unspecified atom stereocenters. The van der Waals surface area contributed by atoms with Gasteiger partial charge in [-0.1, -0.05) is 18.2 Å². The average molecular weight is 354 g/mol. The summed E-state index contributed by atoms with van der Waals surface area (Å²) in [6, 6.07) is 6.32. The number of alkyl halides is 3. The molecular formula is C17H17F3N2O3. The van der Waals surface area contributed by atoms with Crippen molar-refractivity contribution in [3.63, 3.8) is 0 Å². The summed E-state index contributed by atoms with van der Waals surface area (Å²) in [6.45, 7) is 0.924. The molecule has 3 rings (SSSR count). The summed E-state index contributed by atoms with van der Waals surface area (Å²) >= 11 is 0. The predicted octanol–water partition coefficient (Wildman–Crippen LogP) is 3.10. The number of hydrogen-bond donors (Lipinski definition) is 1. The van der Waals surface area contributed by atoms with Gasteiger partial charge in [0.1, 0.15) is 11.6 Å². The normalized spacial score (nSPS) is 21.4. The van der Waals surface area contributed by atoms with Crippen LogP contribution in [0.5, 0.6) is 0 Å². The van der Waals surface area contributed by atoms with Crippen LogP contribution >= 0.6 is 0 Å². The molecule has 134 valence electrons. The Hall–Kier alpha value is -2.51. The number of nitrogens with one attached hydrogen (secondary N) is 1. The second-order valence-electron chi connectivity index (χ2n) is 6.13. The molecule has 1 saturated heterocycles. The number of halogens is 3. The number of rotatable bonds is 2. The fourth-order valence-electron chi connectivity index (χ4n) is 3.13. The van der Waals surface area contributed by atoms with Crippen molar-refractivity contribution >= 4 is 22.8 Å². The van der Waals surface area contributed by atoms with Gasteiger partial charge in [0.25, 0.3) is 5.91 Å². The van der Waals surface area contributed by atoms with Gasteiger partial charge >= 0.3 is 6.18 Å². The van der Waals surface area contributed by atoms with Gasteiger partial charge in [-0.25, -0.2) is 0 Å². The molecule has 2 heterocycles. The third-order valence-electron chi connectivity index (χ3n) is 4.35. The highest BCUT2D eigenvalue weighted by atomic mass is 19.4. The number of para-hydroxylation sites is 1. The van der Waals surface area contributed by atoms with Crippen molar-refractivity contribution in [3.8, 4) is 0 Å². The summed E-state index contributed by atoms with van der Waals surface area (Å²) in [5.41, 5.74) is 0.554. The molecule has 1 aromatic carbocycles. The number of likely N-dealkylation sites (tertiary alicyclic amines) is 1. The highest BCUT2D eigenvalue weighted by Crippen LogP contribution is 2.32. The van der Waals surface area contributed by atoms with Crippen LogP contribution in [0.3, 0.4) is 0 Å². The van der Waals surface area contributed by atoms with E-state index in [0.29, 0.717) is 5.58 Å². The molecule has 5 nitrogen and oxygen atoms in total. The number of hydrogen-bond acceptors (Lipinski definition) is 3. The Kier molecular flexibility index (Phi) is 4.45. The number of amides is 2. The number of piperidine rings is 1. The molecule has 2 atom stereocenters. The second-order valence-corrected chi connectivity index (χ2v) is 6.13. The predicted molar refractivity (Wildman–Crippen MR) is 83.9 cm³/mol. The average Bonchev–Trinajstić information content (AvgIpc) is 2.98. The zero-order valence-corrected chi connectivity index (χ0v) is 13.5. The van der Waals surface area contributed by atoms with Crippen molar-refractivity contribution in [2.24, 2.45) is 0 Å². The molecule has 1 N–H and O–H groups in total. The number of fused-ring (bicyclic) bond motifs is 1. The maximum atomic E-state index is 13.0. The van der Waals surface area contributed by atoms with E-state index in [1.807, 2.05) is 6.07 Å². The Morgan fingerprint density at radius 2 is 1.96 bits per heavy atom. The molecule has 8 heteroatoms. The molecule has 1 aliphatic rings. The number of carbonyl (C=O) groups excluding carboxylic acids is 2. The summed E-state index contributed by atoms with van der Waals surface area (Å²) in [5, 5.41) is 3.42. The van der Waals surface area contributed by atoms with Crippen molar-refractivity contribution in [1.29, 1.82) is 0 Å². The summed E-state index contributed by atoms with van der Waals surface area (Å²) in [5.74, 6) is -1.08. The van der Waals surface area contributed by atoms with E-state index in [0.717, 1.165) is 17.2 Å². The van der Waals surface area contributed by atoms with Gasteiger partial charge in [-0.15, -0.1) is 0 Å². The smallest absolute Gasteiger partial charge is 0.408 e. The van der Waals surface area contributed by atoms with E-state index in [-0.39, 0.29) is 25.1 Å². The molecule has 0 radical (unpaired) electrons. The molecule has 25 heavy (non-hydrogen) atoms. The Labute approximate surface area is 141 Å². The van der Waals surface area contributed by atoms with Crippen molar-refractivity contribution in [3.05, 3.63) is 36.1 Å². The maximum absolute atomic E-state index is 13.0. The van der Waals surface area contributed by atoms with Crippen LogP contribution in [0.15, 0.2) is 34.7 Å². The molecule has 2 aromatic rings. The maximum Gasteiger partial charge on any atom is 0.408 e.